The lowest BCUT2D eigenvalue weighted by atomic mass is 10.1. The van der Waals surface area contributed by atoms with Crippen LogP contribution < -0.4 is 5.32 Å². The van der Waals surface area contributed by atoms with E-state index in [1.807, 2.05) is 30.9 Å². The van der Waals surface area contributed by atoms with E-state index < -0.39 is 0 Å². The smallest absolute Gasteiger partial charge is 0.253 e. The van der Waals surface area contributed by atoms with Crippen molar-refractivity contribution >= 4 is 17.5 Å². The number of carbonyl (C=O) groups excluding carboxylic acids is 2. The maximum absolute atomic E-state index is 12.7. The number of anilines is 1. The summed E-state index contributed by atoms with van der Waals surface area (Å²) < 4.78 is 1.66. The number of hydrogen-bond acceptors (Lipinski definition) is 3. The van der Waals surface area contributed by atoms with E-state index in [2.05, 4.69) is 10.4 Å². The minimum Gasteiger partial charge on any atom is -0.339 e. The highest BCUT2D eigenvalue weighted by Gasteiger charge is 2.22. The second kappa shape index (κ2) is 7.51. The number of aromatic nitrogens is 2. The van der Waals surface area contributed by atoms with Crippen LogP contribution in [0.3, 0.4) is 0 Å². The summed E-state index contributed by atoms with van der Waals surface area (Å²) in [5.74, 6) is -0.0906. The van der Waals surface area contributed by atoms with Gasteiger partial charge in [-0.15, -0.1) is 0 Å². The zero-order valence-electron chi connectivity index (χ0n) is 14.7. The number of likely N-dealkylation sites (tertiary alicyclic amines) is 1. The van der Waals surface area contributed by atoms with Crippen molar-refractivity contribution < 1.29 is 9.59 Å². The first kappa shape index (κ1) is 17.2. The Labute approximate surface area is 147 Å². The van der Waals surface area contributed by atoms with Gasteiger partial charge in [0.15, 0.2) is 0 Å². The van der Waals surface area contributed by atoms with Crippen LogP contribution in [0.1, 0.15) is 48.1 Å². The van der Waals surface area contributed by atoms with Crippen molar-refractivity contribution in [2.45, 2.75) is 39.2 Å². The molecule has 2 heterocycles. The summed E-state index contributed by atoms with van der Waals surface area (Å²) in [5, 5.41) is 7.13. The molecule has 1 N–H and O–H groups in total. The highest BCUT2D eigenvalue weighted by atomic mass is 16.2. The topological polar surface area (TPSA) is 67.2 Å². The van der Waals surface area contributed by atoms with Gasteiger partial charge in [0.05, 0.1) is 0 Å². The van der Waals surface area contributed by atoms with Crippen LogP contribution in [-0.4, -0.2) is 39.6 Å². The normalized spacial score (nSPS) is 15.2. The van der Waals surface area contributed by atoms with E-state index in [1.165, 1.54) is 0 Å². The van der Waals surface area contributed by atoms with Crippen molar-refractivity contribution in [2.24, 2.45) is 0 Å². The quantitative estimate of drug-likeness (QED) is 0.910. The number of aryl methyl sites for hydroxylation is 1. The van der Waals surface area contributed by atoms with Crippen molar-refractivity contribution in [1.29, 1.82) is 0 Å². The number of benzene rings is 1. The van der Waals surface area contributed by atoms with Gasteiger partial charge in [0.1, 0.15) is 6.04 Å². The van der Waals surface area contributed by atoms with Crippen LogP contribution in [0.4, 0.5) is 5.69 Å². The van der Waals surface area contributed by atoms with Crippen LogP contribution >= 0.6 is 0 Å². The molecule has 1 fully saturated rings. The van der Waals surface area contributed by atoms with Crippen LogP contribution in [0.15, 0.2) is 36.7 Å². The fourth-order valence-corrected chi connectivity index (χ4v) is 3.17. The van der Waals surface area contributed by atoms with Crippen LogP contribution in [-0.2, 0) is 4.79 Å². The lowest BCUT2D eigenvalue weighted by Gasteiger charge is -2.19. The first-order valence-corrected chi connectivity index (χ1v) is 8.80. The summed E-state index contributed by atoms with van der Waals surface area (Å²) >= 11 is 0. The van der Waals surface area contributed by atoms with E-state index in [0.717, 1.165) is 31.5 Å². The summed E-state index contributed by atoms with van der Waals surface area (Å²) in [7, 11) is 0. The van der Waals surface area contributed by atoms with Gasteiger partial charge in [0.2, 0.25) is 5.91 Å². The first-order valence-electron chi connectivity index (χ1n) is 8.80. The van der Waals surface area contributed by atoms with Crippen molar-refractivity contribution in [3.63, 3.8) is 0 Å². The molecule has 1 aliphatic heterocycles. The molecule has 1 aromatic carbocycles. The molecule has 2 aromatic rings. The molecule has 0 radical (unpaired) electrons. The van der Waals surface area contributed by atoms with Gasteiger partial charge in [-0.1, -0.05) is 13.0 Å². The molecule has 3 rings (SSSR count). The predicted molar refractivity (Wildman–Crippen MR) is 96.5 cm³/mol. The Balaban J connectivity index is 1.78. The number of nitrogens with zero attached hydrogens (tertiary/aromatic N) is 3. The molecule has 6 heteroatoms. The molecule has 132 valence electrons. The summed E-state index contributed by atoms with van der Waals surface area (Å²) in [6, 6.07) is 6.93. The summed E-state index contributed by atoms with van der Waals surface area (Å²) in [6.45, 7) is 5.50. The molecule has 0 aliphatic carbocycles. The molecule has 25 heavy (non-hydrogen) atoms. The van der Waals surface area contributed by atoms with E-state index in [4.69, 9.17) is 0 Å². The number of amides is 2. The summed E-state index contributed by atoms with van der Waals surface area (Å²) in [4.78, 5) is 27.1. The number of rotatable bonds is 5. The molecular formula is C19H24N4O2. The largest absolute Gasteiger partial charge is 0.339 e. The van der Waals surface area contributed by atoms with Crippen LogP contribution in [0.5, 0.6) is 0 Å². The van der Waals surface area contributed by atoms with Gasteiger partial charge in [0.25, 0.3) is 5.91 Å². The van der Waals surface area contributed by atoms with Gasteiger partial charge >= 0.3 is 0 Å². The van der Waals surface area contributed by atoms with Crippen LogP contribution in [0.25, 0.3) is 0 Å². The Kier molecular flexibility index (Phi) is 5.16. The third kappa shape index (κ3) is 3.73. The molecule has 1 aliphatic rings. The number of carbonyl (C=O) groups is 2. The van der Waals surface area contributed by atoms with Crippen molar-refractivity contribution in [3.8, 4) is 0 Å². The lowest BCUT2D eigenvalue weighted by Crippen LogP contribution is -2.28. The maximum Gasteiger partial charge on any atom is 0.253 e. The average molecular weight is 340 g/mol. The number of hydrogen-bond donors (Lipinski definition) is 1. The van der Waals surface area contributed by atoms with Gasteiger partial charge in [-0.2, -0.15) is 5.10 Å². The van der Waals surface area contributed by atoms with Crippen LogP contribution in [0.2, 0.25) is 0 Å². The van der Waals surface area contributed by atoms with Gasteiger partial charge in [0, 0.05) is 36.7 Å². The van der Waals surface area contributed by atoms with Crippen molar-refractivity contribution in [2.75, 3.05) is 18.4 Å². The predicted octanol–water partition coefficient (Wildman–Crippen LogP) is 3.02. The molecule has 1 aromatic heterocycles. The average Bonchev–Trinajstić information content (AvgIpc) is 3.30. The molecule has 1 atom stereocenters. The fraction of sp³-hybridized carbons (Fsp3) is 0.421. The molecule has 0 saturated carbocycles. The summed E-state index contributed by atoms with van der Waals surface area (Å²) in [5.41, 5.74) is 2.23. The fourth-order valence-electron chi connectivity index (χ4n) is 3.17. The van der Waals surface area contributed by atoms with Gasteiger partial charge < -0.3 is 10.2 Å². The zero-order chi connectivity index (χ0) is 17.8. The molecule has 0 spiro atoms. The van der Waals surface area contributed by atoms with Crippen LogP contribution in [0, 0.1) is 6.92 Å². The lowest BCUT2D eigenvalue weighted by molar-refractivity contribution is -0.119. The third-order valence-corrected chi connectivity index (χ3v) is 4.67. The van der Waals surface area contributed by atoms with Crippen molar-refractivity contribution in [1.82, 2.24) is 14.7 Å². The first-order chi connectivity index (χ1) is 12.1. The number of nitrogens with one attached hydrogen (secondary N) is 1. The Morgan fingerprint density at radius 1 is 1.28 bits per heavy atom. The molecule has 1 unspecified atom stereocenters. The Morgan fingerprint density at radius 3 is 2.68 bits per heavy atom. The minimum atomic E-state index is -0.368. The van der Waals surface area contributed by atoms with Gasteiger partial charge in [-0.05, 0) is 49.9 Å². The Morgan fingerprint density at radius 2 is 2.04 bits per heavy atom. The van der Waals surface area contributed by atoms with E-state index in [-0.39, 0.29) is 17.9 Å². The molecular weight excluding hydrogens is 316 g/mol. The molecule has 0 bridgehead atoms. The highest BCUT2D eigenvalue weighted by Crippen LogP contribution is 2.22. The second-order valence-corrected chi connectivity index (χ2v) is 6.43. The monoisotopic (exact) mass is 340 g/mol. The highest BCUT2D eigenvalue weighted by molar-refractivity contribution is 5.98. The van der Waals surface area contributed by atoms with Crippen molar-refractivity contribution in [3.05, 3.63) is 47.8 Å². The Bertz CT molecular complexity index is 749. The summed E-state index contributed by atoms with van der Waals surface area (Å²) in [6.07, 6.45) is 6.20. The molecule has 6 nitrogen and oxygen atoms in total. The minimum absolute atomic E-state index is 0.0344. The van der Waals surface area contributed by atoms with Gasteiger partial charge in [-0.25, -0.2) is 0 Å². The van der Waals surface area contributed by atoms with Gasteiger partial charge in [-0.3, -0.25) is 14.3 Å². The zero-order valence-corrected chi connectivity index (χ0v) is 14.7. The maximum atomic E-state index is 12.7. The Hall–Kier alpha value is -2.63. The van der Waals surface area contributed by atoms with E-state index in [1.54, 1.807) is 29.2 Å². The standard InChI is InChI=1S/C19H24N4O2/c1-3-17(23-12-6-9-20-23)18(24)21-16-13-15(8-7-14(16)2)19(25)22-10-4-5-11-22/h6-9,12-13,17H,3-5,10-11H2,1-2H3,(H,21,24). The van der Waals surface area contributed by atoms with E-state index in [0.29, 0.717) is 17.7 Å². The SMILES string of the molecule is CCC(C(=O)Nc1cc(C(=O)N2CCCC2)ccc1C)n1cccn1. The third-order valence-electron chi connectivity index (χ3n) is 4.67. The molecule has 1 saturated heterocycles. The van der Waals surface area contributed by atoms with E-state index >= 15 is 0 Å². The van der Waals surface area contributed by atoms with E-state index in [9.17, 15) is 9.59 Å². The second-order valence-electron chi connectivity index (χ2n) is 6.43. The molecule has 2 amide bonds.